The Morgan fingerprint density at radius 2 is 1.74 bits per heavy atom. The average Bonchev–Trinajstić information content (AvgIpc) is 2.95. The first-order chi connectivity index (χ1) is 11.2. The molecule has 1 saturated heterocycles. The molecule has 0 unspecified atom stereocenters. The number of aromatic nitrogens is 1. The standard InChI is InChI=1S/C17H22N4O2/c18-8-4-3-7-14-16(22)21-15(17(23)20-14)9-11-10-19-13-6-2-1-5-12(11)13/h1-2,5-6,10,14-15,19H,3-4,7-9,18H2,(H,20,23)(H,21,22)/t14-,15-/m0/s1. The van der Waals surface area contributed by atoms with Crippen LogP contribution in [0.5, 0.6) is 0 Å². The van der Waals surface area contributed by atoms with Crippen molar-refractivity contribution in [1.29, 1.82) is 0 Å². The van der Waals surface area contributed by atoms with E-state index in [0.717, 1.165) is 29.3 Å². The Morgan fingerprint density at radius 3 is 2.57 bits per heavy atom. The van der Waals surface area contributed by atoms with Crippen LogP contribution in [0.15, 0.2) is 30.5 Å². The summed E-state index contributed by atoms with van der Waals surface area (Å²) < 4.78 is 0. The number of carbonyl (C=O) groups is 2. The van der Waals surface area contributed by atoms with Gasteiger partial charge in [-0.05, 0) is 37.4 Å². The highest BCUT2D eigenvalue weighted by Crippen LogP contribution is 2.20. The van der Waals surface area contributed by atoms with Crippen molar-refractivity contribution >= 4 is 22.7 Å². The number of unbranched alkanes of at least 4 members (excludes halogenated alkanes) is 1. The van der Waals surface area contributed by atoms with Crippen LogP contribution in [0.2, 0.25) is 0 Å². The number of carbonyl (C=O) groups excluding carboxylic acids is 2. The summed E-state index contributed by atoms with van der Waals surface area (Å²) >= 11 is 0. The van der Waals surface area contributed by atoms with Gasteiger partial charge in [0.1, 0.15) is 12.1 Å². The maximum Gasteiger partial charge on any atom is 0.243 e. The van der Waals surface area contributed by atoms with Crippen LogP contribution in [0, 0.1) is 0 Å². The molecule has 2 atom stereocenters. The SMILES string of the molecule is NCCCC[C@@H]1NC(=O)[C@H](Cc2c[nH]c3ccccc23)NC1=O. The summed E-state index contributed by atoms with van der Waals surface area (Å²) in [6, 6.07) is 6.97. The van der Waals surface area contributed by atoms with Crippen LogP contribution < -0.4 is 16.4 Å². The fourth-order valence-corrected chi connectivity index (χ4v) is 3.04. The molecule has 2 aromatic rings. The minimum atomic E-state index is -0.521. The predicted molar refractivity (Wildman–Crippen MR) is 88.8 cm³/mol. The first-order valence-electron chi connectivity index (χ1n) is 8.05. The van der Waals surface area contributed by atoms with Crippen molar-refractivity contribution < 1.29 is 9.59 Å². The lowest BCUT2D eigenvalue weighted by Crippen LogP contribution is -2.62. The Bertz CT molecular complexity index is 709. The maximum atomic E-state index is 12.3. The van der Waals surface area contributed by atoms with Crippen molar-refractivity contribution in [3.8, 4) is 0 Å². The van der Waals surface area contributed by atoms with Gasteiger partial charge in [-0.2, -0.15) is 0 Å². The van der Waals surface area contributed by atoms with E-state index in [0.29, 0.717) is 19.4 Å². The van der Waals surface area contributed by atoms with E-state index >= 15 is 0 Å². The number of aromatic amines is 1. The Hall–Kier alpha value is -2.34. The second kappa shape index (κ2) is 6.83. The number of hydrogen-bond acceptors (Lipinski definition) is 3. The lowest BCUT2D eigenvalue weighted by molar-refractivity contribution is -0.136. The monoisotopic (exact) mass is 314 g/mol. The van der Waals surface area contributed by atoms with E-state index in [1.54, 1.807) is 0 Å². The molecule has 23 heavy (non-hydrogen) atoms. The lowest BCUT2D eigenvalue weighted by Gasteiger charge is -2.29. The molecule has 0 radical (unpaired) electrons. The zero-order chi connectivity index (χ0) is 16.2. The molecular weight excluding hydrogens is 292 g/mol. The summed E-state index contributed by atoms with van der Waals surface area (Å²) in [4.78, 5) is 27.6. The third-order valence-electron chi connectivity index (χ3n) is 4.31. The van der Waals surface area contributed by atoms with Gasteiger partial charge in [0, 0.05) is 23.5 Å². The van der Waals surface area contributed by atoms with Gasteiger partial charge in [-0.3, -0.25) is 9.59 Å². The molecular formula is C17H22N4O2. The average molecular weight is 314 g/mol. The van der Waals surface area contributed by atoms with Crippen molar-refractivity contribution in [3.63, 3.8) is 0 Å². The van der Waals surface area contributed by atoms with Gasteiger partial charge in [0.25, 0.3) is 0 Å². The molecule has 2 heterocycles. The second-order valence-electron chi connectivity index (χ2n) is 5.97. The quantitative estimate of drug-likeness (QED) is 0.594. The van der Waals surface area contributed by atoms with Gasteiger partial charge in [-0.25, -0.2) is 0 Å². The highest BCUT2D eigenvalue weighted by molar-refractivity contribution is 5.97. The van der Waals surface area contributed by atoms with Gasteiger partial charge in [0.2, 0.25) is 11.8 Å². The number of fused-ring (bicyclic) bond motifs is 1. The summed E-state index contributed by atoms with van der Waals surface area (Å²) in [5.41, 5.74) is 7.52. The Balaban J connectivity index is 1.66. The van der Waals surface area contributed by atoms with Gasteiger partial charge in [-0.15, -0.1) is 0 Å². The molecule has 6 heteroatoms. The normalized spacial score (nSPS) is 21.3. The first-order valence-corrected chi connectivity index (χ1v) is 8.05. The van der Waals surface area contributed by atoms with Crippen molar-refractivity contribution in [3.05, 3.63) is 36.0 Å². The molecule has 122 valence electrons. The van der Waals surface area contributed by atoms with E-state index in [1.165, 1.54) is 0 Å². The van der Waals surface area contributed by atoms with Gasteiger partial charge in [-0.1, -0.05) is 18.2 Å². The van der Waals surface area contributed by atoms with Gasteiger partial charge in [0.05, 0.1) is 0 Å². The van der Waals surface area contributed by atoms with Crippen molar-refractivity contribution in [2.75, 3.05) is 6.54 Å². The van der Waals surface area contributed by atoms with E-state index in [9.17, 15) is 9.59 Å². The summed E-state index contributed by atoms with van der Waals surface area (Å²) in [6.07, 6.45) is 4.71. The van der Waals surface area contributed by atoms with E-state index < -0.39 is 12.1 Å². The molecule has 2 amide bonds. The summed E-state index contributed by atoms with van der Waals surface area (Å²) in [5, 5.41) is 6.77. The number of rotatable bonds is 6. The molecule has 0 bridgehead atoms. The van der Waals surface area contributed by atoms with E-state index in [4.69, 9.17) is 5.73 Å². The minimum absolute atomic E-state index is 0.105. The zero-order valence-corrected chi connectivity index (χ0v) is 13.0. The third-order valence-corrected chi connectivity index (χ3v) is 4.31. The van der Waals surface area contributed by atoms with E-state index in [-0.39, 0.29) is 11.8 Å². The van der Waals surface area contributed by atoms with E-state index in [2.05, 4.69) is 15.6 Å². The Kier molecular flexibility index (Phi) is 4.62. The van der Waals surface area contributed by atoms with Crippen LogP contribution in [0.4, 0.5) is 0 Å². The molecule has 1 aliphatic rings. The number of nitrogens with one attached hydrogen (secondary N) is 3. The number of nitrogens with two attached hydrogens (primary N) is 1. The van der Waals surface area contributed by atoms with Gasteiger partial charge >= 0.3 is 0 Å². The summed E-state index contributed by atoms with van der Waals surface area (Å²) in [5.74, 6) is -0.223. The van der Waals surface area contributed by atoms with Crippen LogP contribution in [0.3, 0.4) is 0 Å². The van der Waals surface area contributed by atoms with Crippen molar-refractivity contribution in [2.45, 2.75) is 37.8 Å². The molecule has 1 aliphatic heterocycles. The smallest absolute Gasteiger partial charge is 0.243 e. The van der Waals surface area contributed by atoms with Gasteiger partial charge < -0.3 is 21.4 Å². The van der Waals surface area contributed by atoms with Crippen LogP contribution in [0.25, 0.3) is 10.9 Å². The fraction of sp³-hybridized carbons (Fsp3) is 0.412. The number of piperazine rings is 1. The molecule has 0 spiro atoms. The number of amides is 2. The number of benzene rings is 1. The van der Waals surface area contributed by atoms with Crippen molar-refractivity contribution in [2.24, 2.45) is 5.73 Å². The third kappa shape index (κ3) is 3.37. The number of hydrogen-bond donors (Lipinski definition) is 4. The summed E-state index contributed by atoms with van der Waals surface area (Å²) in [7, 11) is 0. The molecule has 1 aromatic heterocycles. The molecule has 3 rings (SSSR count). The molecule has 0 saturated carbocycles. The number of H-pyrrole nitrogens is 1. The highest BCUT2D eigenvalue weighted by atomic mass is 16.2. The fourth-order valence-electron chi connectivity index (χ4n) is 3.04. The van der Waals surface area contributed by atoms with Crippen LogP contribution in [-0.2, 0) is 16.0 Å². The van der Waals surface area contributed by atoms with Crippen LogP contribution in [0.1, 0.15) is 24.8 Å². The second-order valence-corrected chi connectivity index (χ2v) is 5.97. The van der Waals surface area contributed by atoms with Crippen LogP contribution >= 0.6 is 0 Å². The lowest BCUT2D eigenvalue weighted by atomic mass is 9.99. The zero-order valence-electron chi connectivity index (χ0n) is 13.0. The topological polar surface area (TPSA) is 100 Å². The molecule has 0 aliphatic carbocycles. The molecule has 1 fully saturated rings. The Morgan fingerprint density at radius 1 is 1.00 bits per heavy atom. The molecule has 5 N–H and O–H groups in total. The maximum absolute atomic E-state index is 12.3. The van der Waals surface area contributed by atoms with E-state index in [1.807, 2.05) is 30.5 Å². The minimum Gasteiger partial charge on any atom is -0.361 e. The summed E-state index contributed by atoms with van der Waals surface area (Å²) in [6.45, 7) is 0.603. The predicted octanol–water partition coefficient (Wildman–Crippen LogP) is 0.823. The largest absolute Gasteiger partial charge is 0.361 e. The van der Waals surface area contributed by atoms with Gasteiger partial charge in [0.15, 0.2) is 0 Å². The highest BCUT2D eigenvalue weighted by Gasteiger charge is 2.33. The first kappa shape index (κ1) is 15.6. The molecule has 6 nitrogen and oxygen atoms in total. The number of para-hydroxylation sites is 1. The molecule has 1 aromatic carbocycles. The van der Waals surface area contributed by atoms with Crippen LogP contribution in [-0.4, -0.2) is 35.4 Å². The van der Waals surface area contributed by atoms with Crippen molar-refractivity contribution in [1.82, 2.24) is 15.6 Å². The Labute approximate surface area is 134 Å².